The summed E-state index contributed by atoms with van der Waals surface area (Å²) in [5.74, 6) is 2.19. The van der Waals surface area contributed by atoms with Crippen LogP contribution in [0.15, 0.2) is 186 Å². The Hall–Kier alpha value is -7.43. The molecule has 1 unspecified atom stereocenters. The molecule has 10 aromatic rings. The molecule has 2 heterocycles. The van der Waals surface area contributed by atoms with Crippen molar-refractivity contribution in [3.05, 3.63) is 210 Å². The highest BCUT2D eigenvalue weighted by atomic mass is 16.3. The number of rotatable bonds is 9. The number of aryl methyl sites for hydroxylation is 1. The third-order valence-electron chi connectivity index (χ3n) is 13.4. The molecule has 0 spiro atoms. The maximum absolute atomic E-state index is 6.29. The maximum atomic E-state index is 6.29. The van der Waals surface area contributed by atoms with Crippen LogP contribution < -0.4 is 0 Å². The van der Waals surface area contributed by atoms with Crippen LogP contribution in [-0.2, 0) is 11.8 Å². The lowest BCUT2D eigenvalue weighted by Gasteiger charge is -2.23. The Morgan fingerprint density at radius 1 is 0.460 bits per heavy atom. The quantitative estimate of drug-likeness (QED) is 0.146. The predicted molar refractivity (Wildman–Crippen MR) is 260 cm³/mol. The first kappa shape index (κ1) is 38.5. The summed E-state index contributed by atoms with van der Waals surface area (Å²) in [4.78, 5) is 15.3. The normalized spacial score (nSPS) is 13.3. The van der Waals surface area contributed by atoms with Crippen molar-refractivity contribution < 1.29 is 4.42 Å². The van der Waals surface area contributed by atoms with E-state index in [-0.39, 0.29) is 5.41 Å². The number of nitrogens with zero attached hydrogens (tertiary/aromatic N) is 3. The van der Waals surface area contributed by atoms with Crippen molar-refractivity contribution in [3.8, 4) is 67.5 Å². The van der Waals surface area contributed by atoms with E-state index < -0.39 is 0 Å². The van der Waals surface area contributed by atoms with Gasteiger partial charge in [-0.3, -0.25) is 0 Å². The molecule has 0 fully saturated rings. The SMILES string of the molecule is CCC(Cc1ccccc1-c1cc2c(cc1C)C(C)(C)c1ccccc1-2)c1ccc(-c2nc(-c3ccc(-c4ccccc4)cc3)nc(-c3ccc4c(c3)oc3ccccc34)n2)cc1. The highest BCUT2D eigenvalue weighted by molar-refractivity contribution is 6.05. The van der Waals surface area contributed by atoms with E-state index in [2.05, 4.69) is 179 Å². The molecule has 0 aliphatic heterocycles. The van der Waals surface area contributed by atoms with Gasteiger partial charge in [-0.25, -0.2) is 15.0 Å². The van der Waals surface area contributed by atoms with Gasteiger partial charge in [-0.2, -0.15) is 0 Å². The van der Waals surface area contributed by atoms with Crippen LogP contribution in [0.4, 0.5) is 0 Å². The Labute approximate surface area is 369 Å². The Balaban J connectivity index is 0.934. The Morgan fingerprint density at radius 3 is 1.78 bits per heavy atom. The molecule has 0 bridgehead atoms. The second-order valence-electron chi connectivity index (χ2n) is 17.5. The van der Waals surface area contributed by atoms with Crippen molar-refractivity contribution in [3.63, 3.8) is 0 Å². The fraction of sp³-hybridized carbons (Fsp3) is 0.136. The van der Waals surface area contributed by atoms with Gasteiger partial charge < -0.3 is 4.42 Å². The van der Waals surface area contributed by atoms with Crippen molar-refractivity contribution in [2.24, 2.45) is 0 Å². The average Bonchev–Trinajstić information content (AvgIpc) is 3.81. The van der Waals surface area contributed by atoms with Crippen LogP contribution in [0.3, 0.4) is 0 Å². The molecule has 4 nitrogen and oxygen atoms in total. The molecule has 1 atom stereocenters. The second-order valence-corrected chi connectivity index (χ2v) is 17.5. The van der Waals surface area contributed by atoms with Gasteiger partial charge in [-0.05, 0) is 111 Å². The third kappa shape index (κ3) is 6.83. The third-order valence-corrected chi connectivity index (χ3v) is 13.4. The van der Waals surface area contributed by atoms with Gasteiger partial charge >= 0.3 is 0 Å². The second kappa shape index (κ2) is 15.5. The fourth-order valence-corrected chi connectivity index (χ4v) is 9.85. The van der Waals surface area contributed by atoms with Gasteiger partial charge in [0.1, 0.15) is 11.2 Å². The lowest BCUT2D eigenvalue weighted by molar-refractivity contribution is 0.659. The number of benzene rings is 8. The van der Waals surface area contributed by atoms with E-state index in [4.69, 9.17) is 19.4 Å². The minimum absolute atomic E-state index is 0.0173. The van der Waals surface area contributed by atoms with Crippen molar-refractivity contribution in [2.45, 2.75) is 51.9 Å². The van der Waals surface area contributed by atoms with Gasteiger partial charge in [-0.1, -0.05) is 178 Å². The lowest BCUT2D eigenvalue weighted by atomic mass is 9.80. The summed E-state index contributed by atoms with van der Waals surface area (Å²) < 4.78 is 6.29. The van der Waals surface area contributed by atoms with E-state index in [1.165, 1.54) is 55.6 Å². The predicted octanol–water partition coefficient (Wildman–Crippen LogP) is 15.5. The van der Waals surface area contributed by atoms with Crippen molar-refractivity contribution >= 4 is 21.9 Å². The number of para-hydroxylation sites is 1. The molecule has 0 radical (unpaired) electrons. The van der Waals surface area contributed by atoms with Crippen LogP contribution in [-0.4, -0.2) is 15.0 Å². The van der Waals surface area contributed by atoms with E-state index in [0.717, 1.165) is 57.0 Å². The van der Waals surface area contributed by atoms with Gasteiger partial charge in [0, 0.05) is 32.9 Å². The molecule has 0 N–H and O–H groups in total. The minimum Gasteiger partial charge on any atom is -0.456 e. The molecular weight excluding hydrogens is 767 g/mol. The summed E-state index contributed by atoms with van der Waals surface area (Å²) in [6.45, 7) is 9.28. The van der Waals surface area contributed by atoms with E-state index in [0.29, 0.717) is 23.4 Å². The van der Waals surface area contributed by atoms with Gasteiger partial charge in [0.05, 0.1) is 0 Å². The van der Waals surface area contributed by atoms with Crippen LogP contribution in [0.25, 0.3) is 89.5 Å². The van der Waals surface area contributed by atoms with E-state index >= 15 is 0 Å². The van der Waals surface area contributed by atoms with Crippen molar-refractivity contribution in [1.29, 1.82) is 0 Å². The van der Waals surface area contributed by atoms with Crippen molar-refractivity contribution in [1.82, 2.24) is 15.0 Å². The zero-order valence-electron chi connectivity index (χ0n) is 36.1. The topological polar surface area (TPSA) is 51.8 Å². The summed E-state index contributed by atoms with van der Waals surface area (Å²) >= 11 is 0. The number of aromatic nitrogens is 3. The van der Waals surface area contributed by atoms with Crippen LogP contribution in [0.2, 0.25) is 0 Å². The van der Waals surface area contributed by atoms with Crippen LogP contribution in [0, 0.1) is 6.92 Å². The molecule has 4 heteroatoms. The number of furan rings is 1. The van der Waals surface area contributed by atoms with E-state index in [9.17, 15) is 0 Å². The Kier molecular flexibility index (Phi) is 9.46. The van der Waals surface area contributed by atoms with Gasteiger partial charge in [0.15, 0.2) is 17.5 Å². The summed E-state index contributed by atoms with van der Waals surface area (Å²) in [5, 5.41) is 2.17. The smallest absolute Gasteiger partial charge is 0.164 e. The zero-order chi connectivity index (χ0) is 42.7. The molecular formula is C59H47N3O. The summed E-state index contributed by atoms with van der Waals surface area (Å²) in [6, 6.07) is 65.0. The summed E-state index contributed by atoms with van der Waals surface area (Å²) in [7, 11) is 0. The first-order valence-electron chi connectivity index (χ1n) is 22.1. The molecule has 8 aromatic carbocycles. The van der Waals surface area contributed by atoms with E-state index in [1.807, 2.05) is 30.3 Å². The minimum atomic E-state index is -0.0173. The Bertz CT molecular complexity index is 3330. The lowest BCUT2D eigenvalue weighted by Crippen LogP contribution is -2.15. The molecule has 304 valence electrons. The first-order valence-corrected chi connectivity index (χ1v) is 22.1. The van der Waals surface area contributed by atoms with Crippen LogP contribution in [0.1, 0.15) is 60.9 Å². The summed E-state index contributed by atoms with van der Waals surface area (Å²) in [5.41, 5.74) is 18.9. The maximum Gasteiger partial charge on any atom is 0.164 e. The fourth-order valence-electron chi connectivity index (χ4n) is 9.85. The number of fused-ring (bicyclic) bond motifs is 6. The molecule has 63 heavy (non-hydrogen) atoms. The molecule has 1 aliphatic rings. The molecule has 2 aromatic heterocycles. The largest absolute Gasteiger partial charge is 0.456 e. The Morgan fingerprint density at radius 2 is 1.03 bits per heavy atom. The standard InChI is InChI=1S/C59H47N3O/c1-5-38(34-44-17-9-10-18-46(44)50-36-51-47-19-11-13-21-52(47)59(3,4)53(51)33-37(50)2)40-23-27-42(28-24-40)56-60-57(43-29-25-41(26-30-43)39-15-7-6-8-16-39)62-58(61-56)45-31-32-49-48-20-12-14-22-54(48)63-55(49)35-45/h6-33,35-36,38H,5,34H2,1-4H3. The highest BCUT2D eigenvalue weighted by Crippen LogP contribution is 2.50. The first-order chi connectivity index (χ1) is 30.8. The zero-order valence-corrected chi connectivity index (χ0v) is 36.1. The highest BCUT2D eigenvalue weighted by Gasteiger charge is 2.36. The molecule has 1 aliphatic carbocycles. The van der Waals surface area contributed by atoms with Crippen LogP contribution in [0.5, 0.6) is 0 Å². The summed E-state index contributed by atoms with van der Waals surface area (Å²) in [6.07, 6.45) is 1.95. The van der Waals surface area contributed by atoms with Gasteiger partial charge in [-0.15, -0.1) is 0 Å². The average molecular weight is 814 g/mol. The monoisotopic (exact) mass is 813 g/mol. The van der Waals surface area contributed by atoms with Gasteiger partial charge in [0.25, 0.3) is 0 Å². The number of hydrogen-bond acceptors (Lipinski definition) is 4. The van der Waals surface area contributed by atoms with E-state index in [1.54, 1.807) is 0 Å². The van der Waals surface area contributed by atoms with Crippen molar-refractivity contribution in [2.75, 3.05) is 0 Å². The molecule has 0 amide bonds. The molecule has 0 saturated heterocycles. The van der Waals surface area contributed by atoms with Crippen LogP contribution >= 0.6 is 0 Å². The molecule has 11 rings (SSSR count). The van der Waals surface area contributed by atoms with Gasteiger partial charge in [0.2, 0.25) is 0 Å². The number of hydrogen-bond donors (Lipinski definition) is 0. The molecule has 0 saturated carbocycles.